The van der Waals surface area contributed by atoms with Crippen LogP contribution in [0.2, 0.25) is 0 Å². The zero-order chi connectivity index (χ0) is 14.3. The fourth-order valence-electron chi connectivity index (χ4n) is 2.11. The number of ketones is 1. The van der Waals surface area contributed by atoms with Crippen LogP contribution >= 0.6 is 47.8 Å². The quantitative estimate of drug-likeness (QED) is 0.594. The fourth-order valence-corrected chi connectivity index (χ4v) is 3.71. The Bertz CT molecular complexity index is 703. The molecule has 1 aliphatic rings. The molecule has 0 saturated heterocycles. The van der Waals surface area contributed by atoms with Crippen molar-refractivity contribution in [2.75, 3.05) is 0 Å². The van der Waals surface area contributed by atoms with Crippen molar-refractivity contribution < 1.29 is 9.53 Å². The third-order valence-corrected chi connectivity index (χ3v) is 4.59. The molecule has 2 heterocycles. The Labute approximate surface area is 141 Å². The first-order valence-corrected chi connectivity index (χ1v) is 8.23. The summed E-state index contributed by atoms with van der Waals surface area (Å²) < 4.78 is 8.48. The lowest BCUT2D eigenvalue weighted by Gasteiger charge is -2.25. The van der Waals surface area contributed by atoms with E-state index in [-0.39, 0.29) is 18.3 Å². The van der Waals surface area contributed by atoms with Gasteiger partial charge >= 0.3 is 0 Å². The predicted molar refractivity (Wildman–Crippen MR) is 86.1 cm³/mol. The zero-order valence-corrected chi connectivity index (χ0v) is 14.8. The molecule has 6 heteroatoms. The largest absolute Gasteiger partial charge is 0.483 e. The van der Waals surface area contributed by atoms with E-state index in [9.17, 15) is 4.79 Å². The minimum Gasteiger partial charge on any atom is -0.483 e. The molecule has 1 aliphatic heterocycles. The lowest BCUT2D eigenvalue weighted by atomic mass is 9.99. The number of carbonyl (C=O) groups excluding carboxylic acids is 1. The second-order valence-electron chi connectivity index (χ2n) is 4.39. The summed E-state index contributed by atoms with van der Waals surface area (Å²) in [7, 11) is 0. The van der Waals surface area contributed by atoms with E-state index in [4.69, 9.17) is 4.74 Å². The first kappa shape index (κ1) is 14.2. The van der Waals surface area contributed by atoms with Gasteiger partial charge in [-0.1, -0.05) is 15.9 Å². The molecule has 20 heavy (non-hydrogen) atoms. The minimum absolute atomic E-state index is 0.0640. The zero-order valence-electron chi connectivity index (χ0n) is 10.1. The fraction of sp³-hybridized carbons (Fsp3) is 0.143. The van der Waals surface area contributed by atoms with Gasteiger partial charge in [0.05, 0.1) is 17.7 Å². The van der Waals surface area contributed by atoms with Crippen molar-refractivity contribution in [1.82, 2.24) is 4.98 Å². The second kappa shape index (κ2) is 5.58. The lowest BCUT2D eigenvalue weighted by molar-refractivity contribution is 0.0843. The highest BCUT2D eigenvalue weighted by molar-refractivity contribution is 9.11. The monoisotopic (exact) mass is 459 g/mol. The number of carbonyl (C=O) groups is 1. The highest BCUT2D eigenvalue weighted by atomic mass is 79.9. The summed E-state index contributed by atoms with van der Waals surface area (Å²) in [6, 6.07) is 7.35. The van der Waals surface area contributed by atoms with Gasteiger partial charge in [0.1, 0.15) is 11.9 Å². The van der Waals surface area contributed by atoms with Crippen LogP contribution in [0.25, 0.3) is 0 Å². The molecule has 0 saturated carbocycles. The van der Waals surface area contributed by atoms with Crippen molar-refractivity contribution in [3.63, 3.8) is 0 Å². The molecule has 0 spiro atoms. The van der Waals surface area contributed by atoms with Crippen molar-refractivity contribution in [2.24, 2.45) is 0 Å². The summed E-state index contributed by atoms with van der Waals surface area (Å²) in [5, 5.41) is 0. The maximum absolute atomic E-state index is 12.2. The topological polar surface area (TPSA) is 39.2 Å². The van der Waals surface area contributed by atoms with Crippen LogP contribution < -0.4 is 4.74 Å². The molecule has 0 fully saturated rings. The Hall–Kier alpha value is -0.720. The SMILES string of the molecule is O=C1CC(c2ncc(Br)cc2Br)Oc2ccc(Br)cc21. The molecule has 1 aromatic heterocycles. The Kier molecular flexibility index (Phi) is 3.97. The smallest absolute Gasteiger partial charge is 0.170 e. The van der Waals surface area contributed by atoms with E-state index in [2.05, 4.69) is 52.8 Å². The summed E-state index contributed by atoms with van der Waals surface area (Å²) >= 11 is 10.2. The number of hydrogen-bond donors (Lipinski definition) is 0. The first-order valence-electron chi connectivity index (χ1n) is 5.85. The van der Waals surface area contributed by atoms with Crippen LogP contribution in [-0.2, 0) is 0 Å². The van der Waals surface area contributed by atoms with Crippen molar-refractivity contribution in [3.8, 4) is 5.75 Å². The van der Waals surface area contributed by atoms with Gasteiger partial charge in [0, 0.05) is 19.6 Å². The number of ether oxygens (including phenoxy) is 1. The van der Waals surface area contributed by atoms with Gasteiger partial charge in [-0.05, 0) is 56.1 Å². The van der Waals surface area contributed by atoms with Crippen LogP contribution in [0, 0.1) is 0 Å². The average molecular weight is 462 g/mol. The summed E-state index contributed by atoms with van der Waals surface area (Å²) in [5.41, 5.74) is 1.35. The van der Waals surface area contributed by atoms with Crippen LogP contribution in [-0.4, -0.2) is 10.8 Å². The van der Waals surface area contributed by atoms with Crippen LogP contribution in [0.15, 0.2) is 43.9 Å². The van der Waals surface area contributed by atoms with Crippen molar-refractivity contribution in [1.29, 1.82) is 0 Å². The Morgan fingerprint density at radius 2 is 1.95 bits per heavy atom. The Balaban J connectivity index is 1.99. The molecule has 3 nitrogen and oxygen atoms in total. The van der Waals surface area contributed by atoms with E-state index in [1.54, 1.807) is 18.3 Å². The number of benzene rings is 1. The number of pyridine rings is 1. The van der Waals surface area contributed by atoms with E-state index in [1.807, 2.05) is 12.1 Å². The number of Topliss-reactive ketones (excluding diaryl/α,β-unsaturated/α-hetero) is 1. The number of aromatic nitrogens is 1. The predicted octanol–water partition coefficient (Wildman–Crippen LogP) is 5.08. The maximum atomic E-state index is 12.2. The maximum Gasteiger partial charge on any atom is 0.170 e. The molecule has 0 bridgehead atoms. The van der Waals surface area contributed by atoms with Crippen LogP contribution in [0.5, 0.6) is 5.75 Å². The van der Waals surface area contributed by atoms with Gasteiger partial charge in [-0.3, -0.25) is 9.78 Å². The highest BCUT2D eigenvalue weighted by Gasteiger charge is 2.29. The van der Waals surface area contributed by atoms with Crippen molar-refractivity contribution in [3.05, 3.63) is 55.1 Å². The molecule has 0 radical (unpaired) electrons. The van der Waals surface area contributed by atoms with Crippen molar-refractivity contribution >= 4 is 53.6 Å². The van der Waals surface area contributed by atoms with Crippen molar-refractivity contribution in [2.45, 2.75) is 12.5 Å². The Morgan fingerprint density at radius 3 is 2.70 bits per heavy atom. The van der Waals surface area contributed by atoms with Gasteiger partial charge in [0.15, 0.2) is 5.78 Å². The normalized spacial score (nSPS) is 17.6. The molecule has 0 N–H and O–H groups in total. The number of hydrogen-bond acceptors (Lipinski definition) is 3. The third-order valence-electron chi connectivity index (χ3n) is 3.02. The highest BCUT2D eigenvalue weighted by Crippen LogP contribution is 2.38. The van der Waals surface area contributed by atoms with Crippen LogP contribution in [0.4, 0.5) is 0 Å². The minimum atomic E-state index is -0.362. The summed E-state index contributed by atoms with van der Waals surface area (Å²) in [5.74, 6) is 0.667. The van der Waals surface area contributed by atoms with Gasteiger partial charge in [-0.15, -0.1) is 0 Å². The van der Waals surface area contributed by atoms with Gasteiger partial charge < -0.3 is 4.74 Å². The Morgan fingerprint density at radius 1 is 1.15 bits per heavy atom. The molecular weight excluding hydrogens is 454 g/mol. The van der Waals surface area contributed by atoms with E-state index in [1.165, 1.54) is 0 Å². The number of rotatable bonds is 1. The van der Waals surface area contributed by atoms with Gasteiger partial charge in [0.25, 0.3) is 0 Å². The molecular formula is C14H8Br3NO2. The van der Waals surface area contributed by atoms with Gasteiger partial charge in [-0.25, -0.2) is 0 Å². The second-order valence-corrected chi connectivity index (χ2v) is 7.08. The molecule has 0 aliphatic carbocycles. The standard InChI is InChI=1S/C14H8Br3NO2/c15-7-1-2-12-9(3-7)11(19)5-13(20-12)14-10(17)4-8(16)6-18-14/h1-4,6,13H,5H2. The summed E-state index contributed by atoms with van der Waals surface area (Å²) in [6.45, 7) is 0. The average Bonchev–Trinajstić information content (AvgIpc) is 2.39. The summed E-state index contributed by atoms with van der Waals surface area (Å²) in [4.78, 5) is 16.6. The van der Waals surface area contributed by atoms with E-state index in [0.29, 0.717) is 11.3 Å². The molecule has 2 aromatic rings. The molecule has 0 amide bonds. The van der Waals surface area contributed by atoms with E-state index >= 15 is 0 Å². The lowest BCUT2D eigenvalue weighted by Crippen LogP contribution is -2.21. The molecule has 102 valence electrons. The van der Waals surface area contributed by atoms with E-state index < -0.39 is 0 Å². The third kappa shape index (κ3) is 2.69. The molecule has 1 atom stereocenters. The molecule has 3 rings (SSSR count). The van der Waals surface area contributed by atoms with Crippen LogP contribution in [0.1, 0.15) is 28.6 Å². The number of nitrogens with zero attached hydrogens (tertiary/aromatic N) is 1. The van der Waals surface area contributed by atoms with E-state index in [0.717, 1.165) is 19.1 Å². The van der Waals surface area contributed by atoms with Gasteiger partial charge in [-0.2, -0.15) is 0 Å². The number of fused-ring (bicyclic) bond motifs is 1. The molecule has 1 unspecified atom stereocenters. The van der Waals surface area contributed by atoms with Crippen LogP contribution in [0.3, 0.4) is 0 Å². The van der Waals surface area contributed by atoms with Gasteiger partial charge in [0.2, 0.25) is 0 Å². The first-order chi connectivity index (χ1) is 9.54. The molecule has 1 aromatic carbocycles. The summed E-state index contributed by atoms with van der Waals surface area (Å²) in [6.07, 6.45) is 1.63. The number of halogens is 3.